The van der Waals surface area contributed by atoms with Gasteiger partial charge < -0.3 is 14.6 Å². The first kappa shape index (κ1) is 16.1. The van der Waals surface area contributed by atoms with Gasteiger partial charge in [0.1, 0.15) is 11.6 Å². The molecule has 3 rings (SSSR count). The average molecular weight is 323 g/mol. The van der Waals surface area contributed by atoms with Gasteiger partial charge in [-0.25, -0.2) is 4.98 Å². The van der Waals surface area contributed by atoms with Gasteiger partial charge in [-0.3, -0.25) is 4.79 Å². The molecule has 0 aliphatic carbocycles. The summed E-state index contributed by atoms with van der Waals surface area (Å²) in [6, 6.07) is 13.6. The van der Waals surface area contributed by atoms with Gasteiger partial charge in [-0.1, -0.05) is 18.2 Å². The van der Waals surface area contributed by atoms with Crippen molar-refractivity contribution in [3.05, 3.63) is 59.4 Å². The maximum absolute atomic E-state index is 12.1. The van der Waals surface area contributed by atoms with Crippen LogP contribution in [-0.2, 0) is 24.8 Å². The van der Waals surface area contributed by atoms with E-state index in [1.807, 2.05) is 56.4 Å². The number of benzene rings is 2. The van der Waals surface area contributed by atoms with Crippen molar-refractivity contribution in [2.24, 2.45) is 7.05 Å². The van der Waals surface area contributed by atoms with Crippen LogP contribution in [0.1, 0.15) is 17.0 Å². The number of aromatic nitrogens is 2. The lowest BCUT2D eigenvalue weighted by atomic mass is 10.1. The monoisotopic (exact) mass is 323 g/mol. The van der Waals surface area contributed by atoms with Crippen LogP contribution in [0.25, 0.3) is 11.0 Å². The van der Waals surface area contributed by atoms with Crippen molar-refractivity contribution in [1.82, 2.24) is 14.9 Å². The van der Waals surface area contributed by atoms with Gasteiger partial charge in [-0.05, 0) is 42.3 Å². The Morgan fingerprint density at radius 3 is 2.83 bits per heavy atom. The molecular formula is C19H21N3O2. The molecule has 0 unspecified atom stereocenters. The maximum Gasteiger partial charge on any atom is 0.224 e. The van der Waals surface area contributed by atoms with E-state index < -0.39 is 0 Å². The Hall–Kier alpha value is -2.82. The van der Waals surface area contributed by atoms with Crippen LogP contribution in [0, 0.1) is 6.92 Å². The van der Waals surface area contributed by atoms with Crippen LogP contribution in [0.5, 0.6) is 5.75 Å². The van der Waals surface area contributed by atoms with Crippen LogP contribution >= 0.6 is 0 Å². The number of nitrogens with one attached hydrogen (secondary N) is 1. The molecule has 0 fully saturated rings. The highest BCUT2D eigenvalue weighted by Crippen LogP contribution is 2.16. The molecule has 0 bridgehead atoms. The molecule has 0 spiro atoms. The Bertz CT molecular complexity index is 883. The topological polar surface area (TPSA) is 56.1 Å². The molecule has 124 valence electrons. The molecule has 0 atom stereocenters. The van der Waals surface area contributed by atoms with E-state index >= 15 is 0 Å². The minimum atomic E-state index is -0.0134. The molecule has 1 amide bonds. The predicted molar refractivity (Wildman–Crippen MR) is 94.0 cm³/mol. The molecule has 5 heteroatoms. The number of aryl methyl sites for hydroxylation is 2. The van der Waals surface area contributed by atoms with Gasteiger partial charge >= 0.3 is 0 Å². The van der Waals surface area contributed by atoms with Gasteiger partial charge in [0, 0.05) is 13.6 Å². The van der Waals surface area contributed by atoms with Gasteiger partial charge in [-0.15, -0.1) is 0 Å². The van der Waals surface area contributed by atoms with Gasteiger partial charge in [0.2, 0.25) is 5.91 Å². The fraction of sp³-hybridized carbons (Fsp3) is 0.263. The number of hydrogen-bond donors (Lipinski definition) is 1. The molecule has 24 heavy (non-hydrogen) atoms. The first-order valence-corrected chi connectivity index (χ1v) is 7.88. The van der Waals surface area contributed by atoms with Gasteiger partial charge in [-0.2, -0.15) is 0 Å². The van der Waals surface area contributed by atoms with E-state index in [1.165, 1.54) is 0 Å². The number of carbonyl (C=O) groups excluding carboxylic acids is 1. The summed E-state index contributed by atoms with van der Waals surface area (Å²) in [6.45, 7) is 2.48. The van der Waals surface area contributed by atoms with Crippen LogP contribution in [0.3, 0.4) is 0 Å². The summed E-state index contributed by atoms with van der Waals surface area (Å²) in [5, 5.41) is 2.96. The summed E-state index contributed by atoms with van der Waals surface area (Å²) in [6.07, 6.45) is 0.335. The number of rotatable bonds is 5. The molecule has 0 aliphatic rings. The highest BCUT2D eigenvalue weighted by molar-refractivity contribution is 5.79. The Labute approximate surface area is 141 Å². The summed E-state index contributed by atoms with van der Waals surface area (Å²) in [5.74, 6) is 1.72. The average Bonchev–Trinajstić information content (AvgIpc) is 2.87. The van der Waals surface area contributed by atoms with E-state index in [-0.39, 0.29) is 5.91 Å². The van der Waals surface area contributed by atoms with E-state index in [4.69, 9.17) is 4.74 Å². The number of nitrogens with zero attached hydrogens (tertiary/aromatic N) is 2. The summed E-state index contributed by atoms with van der Waals surface area (Å²) in [7, 11) is 3.62. The number of carbonyl (C=O) groups is 1. The fourth-order valence-corrected chi connectivity index (χ4v) is 2.71. The quantitative estimate of drug-likeness (QED) is 0.785. The molecule has 1 heterocycles. The summed E-state index contributed by atoms with van der Waals surface area (Å²) in [4.78, 5) is 16.7. The first-order valence-electron chi connectivity index (χ1n) is 7.88. The number of imidazole rings is 1. The maximum atomic E-state index is 12.1. The van der Waals surface area contributed by atoms with Gasteiger partial charge in [0.15, 0.2) is 0 Å². The highest BCUT2D eigenvalue weighted by Gasteiger charge is 2.07. The lowest BCUT2D eigenvalue weighted by molar-refractivity contribution is -0.120. The van der Waals surface area contributed by atoms with Crippen molar-refractivity contribution in [1.29, 1.82) is 0 Å². The fourth-order valence-electron chi connectivity index (χ4n) is 2.71. The zero-order chi connectivity index (χ0) is 17.1. The molecule has 5 nitrogen and oxygen atoms in total. The largest absolute Gasteiger partial charge is 0.497 e. The normalized spacial score (nSPS) is 10.8. The third-order valence-corrected chi connectivity index (χ3v) is 4.16. The lowest BCUT2D eigenvalue weighted by Crippen LogP contribution is -2.24. The van der Waals surface area contributed by atoms with E-state index in [1.54, 1.807) is 7.11 Å². The molecule has 0 saturated heterocycles. The third-order valence-electron chi connectivity index (χ3n) is 4.16. The second-order valence-corrected chi connectivity index (χ2v) is 5.85. The summed E-state index contributed by atoms with van der Waals surface area (Å²) < 4.78 is 7.23. The van der Waals surface area contributed by atoms with Crippen molar-refractivity contribution in [2.75, 3.05) is 7.11 Å². The molecule has 0 aliphatic heterocycles. The van der Waals surface area contributed by atoms with Crippen molar-refractivity contribution in [3.63, 3.8) is 0 Å². The van der Waals surface area contributed by atoms with E-state index in [0.717, 1.165) is 33.7 Å². The molecular weight excluding hydrogens is 302 g/mol. The molecule has 0 radical (unpaired) electrons. The van der Waals surface area contributed by atoms with Crippen LogP contribution in [0.2, 0.25) is 0 Å². The zero-order valence-corrected chi connectivity index (χ0v) is 14.2. The van der Waals surface area contributed by atoms with Crippen molar-refractivity contribution >= 4 is 16.9 Å². The van der Waals surface area contributed by atoms with Crippen molar-refractivity contribution in [3.8, 4) is 5.75 Å². The Morgan fingerprint density at radius 1 is 1.21 bits per heavy atom. The predicted octanol–water partition coefficient (Wildman–Crippen LogP) is 2.75. The van der Waals surface area contributed by atoms with Crippen LogP contribution in [-0.4, -0.2) is 22.6 Å². The Balaban J connectivity index is 1.63. The molecule has 3 aromatic rings. The number of ether oxygens (including phenoxy) is 1. The van der Waals surface area contributed by atoms with Crippen LogP contribution in [0.4, 0.5) is 0 Å². The minimum Gasteiger partial charge on any atom is -0.497 e. The lowest BCUT2D eigenvalue weighted by Gasteiger charge is -2.07. The number of amides is 1. The van der Waals surface area contributed by atoms with E-state index in [0.29, 0.717) is 13.0 Å². The highest BCUT2D eigenvalue weighted by atomic mass is 16.5. The standard InChI is InChI=1S/C19H21N3O2/c1-13-21-17-10-15(7-8-18(17)22(13)2)12-20-19(23)11-14-5-4-6-16(9-14)24-3/h4-10H,11-12H2,1-3H3,(H,20,23). The SMILES string of the molecule is COc1cccc(CC(=O)NCc2ccc3c(c2)nc(C)n3C)c1. The second kappa shape index (κ2) is 6.74. The number of methoxy groups -OCH3 is 1. The second-order valence-electron chi connectivity index (χ2n) is 5.85. The first-order chi connectivity index (χ1) is 11.6. The molecule has 1 aromatic heterocycles. The van der Waals surface area contributed by atoms with Gasteiger partial charge in [0.25, 0.3) is 0 Å². The van der Waals surface area contributed by atoms with Crippen molar-refractivity contribution < 1.29 is 9.53 Å². The molecule has 1 N–H and O–H groups in total. The zero-order valence-electron chi connectivity index (χ0n) is 14.2. The Morgan fingerprint density at radius 2 is 2.04 bits per heavy atom. The van der Waals surface area contributed by atoms with Crippen LogP contribution in [0.15, 0.2) is 42.5 Å². The molecule has 2 aromatic carbocycles. The van der Waals surface area contributed by atoms with E-state index in [9.17, 15) is 4.79 Å². The van der Waals surface area contributed by atoms with Crippen LogP contribution < -0.4 is 10.1 Å². The molecule has 0 saturated carbocycles. The Kier molecular flexibility index (Phi) is 4.51. The minimum absolute atomic E-state index is 0.0134. The van der Waals surface area contributed by atoms with Crippen molar-refractivity contribution in [2.45, 2.75) is 19.9 Å². The summed E-state index contributed by atoms with van der Waals surface area (Å²) in [5.41, 5.74) is 4.02. The smallest absolute Gasteiger partial charge is 0.224 e. The number of fused-ring (bicyclic) bond motifs is 1. The number of hydrogen-bond acceptors (Lipinski definition) is 3. The van der Waals surface area contributed by atoms with E-state index in [2.05, 4.69) is 14.9 Å². The third kappa shape index (κ3) is 3.40. The summed E-state index contributed by atoms with van der Waals surface area (Å²) >= 11 is 0. The van der Waals surface area contributed by atoms with Gasteiger partial charge in [0.05, 0.1) is 24.6 Å².